The second-order valence-corrected chi connectivity index (χ2v) is 19.7. The zero-order chi connectivity index (χ0) is 41.8. The monoisotopic (exact) mass is 815 g/mol. The summed E-state index contributed by atoms with van der Waals surface area (Å²) < 4.78 is 0. The zero-order valence-corrected chi connectivity index (χ0v) is 41.1. The first kappa shape index (κ1) is 57.7. The largest absolute Gasteiger partial charge is 0.300 e. The average Bonchev–Trinajstić information content (AvgIpc) is 3.23. The van der Waals surface area contributed by atoms with E-state index in [9.17, 15) is 4.79 Å². The predicted molar refractivity (Wildman–Crippen MR) is 266 cm³/mol. The minimum Gasteiger partial charge on any atom is -0.300 e. The molecule has 0 unspecified atom stereocenters. The first-order valence-electron chi connectivity index (χ1n) is 28.3. The van der Waals surface area contributed by atoms with Crippen LogP contribution >= 0.6 is 0 Å². The van der Waals surface area contributed by atoms with Crippen LogP contribution in [-0.4, -0.2) is 5.78 Å². The summed E-state index contributed by atoms with van der Waals surface area (Å²) >= 11 is 0. The van der Waals surface area contributed by atoms with Gasteiger partial charge >= 0.3 is 0 Å². The molecule has 0 saturated heterocycles. The third kappa shape index (κ3) is 53.7. The van der Waals surface area contributed by atoms with E-state index >= 15 is 0 Å². The molecule has 0 aromatic carbocycles. The van der Waals surface area contributed by atoms with E-state index in [0.717, 1.165) is 25.7 Å². The SMILES string of the molecule is CCCCCCCCCCCCCCCCCCCCCCCCCCCCC(=O)CCCCCCCCCCCCCCCCCCCCCCCCCCCC. The van der Waals surface area contributed by atoms with Gasteiger partial charge in [0.05, 0.1) is 0 Å². The first-order chi connectivity index (χ1) is 28.8. The van der Waals surface area contributed by atoms with Gasteiger partial charge < -0.3 is 0 Å². The molecule has 0 atom stereocenters. The van der Waals surface area contributed by atoms with E-state index in [2.05, 4.69) is 13.8 Å². The van der Waals surface area contributed by atoms with Crippen LogP contribution in [0.3, 0.4) is 0 Å². The molecule has 0 aliphatic rings. The molecule has 348 valence electrons. The number of ketones is 1. The Bertz CT molecular complexity index is 654. The van der Waals surface area contributed by atoms with Crippen LogP contribution in [-0.2, 0) is 4.79 Å². The highest BCUT2D eigenvalue weighted by atomic mass is 16.1. The van der Waals surface area contributed by atoms with Crippen molar-refractivity contribution in [2.45, 2.75) is 361 Å². The standard InChI is InChI=1S/C57H114O/c1-3-5-7-9-11-13-15-17-19-21-23-25-27-29-31-33-35-37-39-41-43-45-47-49-51-53-55-57(58)56-54-52-50-48-46-44-42-40-38-36-34-32-30-28-26-24-22-20-18-16-14-12-10-8-6-4-2/h3-56H2,1-2H3. The van der Waals surface area contributed by atoms with Gasteiger partial charge in [0.1, 0.15) is 5.78 Å². The lowest BCUT2D eigenvalue weighted by atomic mass is 10.0. The lowest BCUT2D eigenvalue weighted by Gasteiger charge is -2.05. The molecule has 0 fully saturated rings. The number of Topliss-reactive ketones (excluding diaryl/α,β-unsaturated/α-hetero) is 1. The number of unbranched alkanes of at least 4 members (excludes halogenated alkanes) is 50. The van der Waals surface area contributed by atoms with Gasteiger partial charge in [-0.1, -0.05) is 335 Å². The fourth-order valence-corrected chi connectivity index (χ4v) is 9.40. The third-order valence-corrected chi connectivity index (χ3v) is 13.6. The third-order valence-electron chi connectivity index (χ3n) is 13.6. The molecule has 0 heterocycles. The van der Waals surface area contributed by atoms with Crippen LogP contribution in [0.4, 0.5) is 0 Å². The van der Waals surface area contributed by atoms with Crippen molar-refractivity contribution < 1.29 is 4.79 Å². The van der Waals surface area contributed by atoms with Crippen molar-refractivity contribution in [1.82, 2.24) is 0 Å². The molecule has 0 bridgehead atoms. The maximum Gasteiger partial charge on any atom is 0.132 e. The Morgan fingerprint density at radius 3 is 0.397 bits per heavy atom. The maximum atomic E-state index is 12.3. The Hall–Kier alpha value is -0.330. The predicted octanol–water partition coefficient (Wildman–Crippen LogP) is 21.7. The van der Waals surface area contributed by atoms with Gasteiger partial charge in [0.15, 0.2) is 0 Å². The number of carbonyl (C=O) groups is 1. The summed E-state index contributed by atoms with van der Waals surface area (Å²) in [5, 5.41) is 0. The van der Waals surface area contributed by atoms with Crippen LogP contribution in [0.2, 0.25) is 0 Å². The summed E-state index contributed by atoms with van der Waals surface area (Å²) in [4.78, 5) is 12.3. The van der Waals surface area contributed by atoms with E-state index in [-0.39, 0.29) is 0 Å². The van der Waals surface area contributed by atoms with Crippen molar-refractivity contribution in [3.05, 3.63) is 0 Å². The van der Waals surface area contributed by atoms with Crippen LogP contribution in [0.1, 0.15) is 361 Å². The van der Waals surface area contributed by atoms with E-state index in [1.165, 1.54) is 321 Å². The van der Waals surface area contributed by atoms with Crippen LogP contribution < -0.4 is 0 Å². The van der Waals surface area contributed by atoms with Crippen molar-refractivity contribution in [2.75, 3.05) is 0 Å². The molecule has 0 aliphatic carbocycles. The molecular weight excluding hydrogens is 701 g/mol. The fraction of sp³-hybridized carbons (Fsp3) is 0.982. The lowest BCUT2D eigenvalue weighted by molar-refractivity contribution is -0.119. The molecule has 1 nitrogen and oxygen atoms in total. The molecule has 0 amide bonds. The highest BCUT2D eigenvalue weighted by Gasteiger charge is 2.03. The molecule has 0 aliphatic heterocycles. The molecule has 0 saturated carbocycles. The molecule has 0 radical (unpaired) electrons. The molecule has 0 aromatic heterocycles. The number of rotatable bonds is 54. The number of hydrogen-bond donors (Lipinski definition) is 0. The summed E-state index contributed by atoms with van der Waals surface area (Å²) in [5.41, 5.74) is 0. The molecule has 0 aromatic rings. The maximum absolute atomic E-state index is 12.3. The van der Waals surface area contributed by atoms with Crippen molar-refractivity contribution in [3.63, 3.8) is 0 Å². The van der Waals surface area contributed by atoms with E-state index in [4.69, 9.17) is 0 Å². The molecular formula is C57H114O. The second-order valence-electron chi connectivity index (χ2n) is 19.7. The van der Waals surface area contributed by atoms with E-state index in [1.54, 1.807) is 0 Å². The highest BCUT2D eigenvalue weighted by molar-refractivity contribution is 5.78. The quantitative estimate of drug-likeness (QED) is 0.0559. The van der Waals surface area contributed by atoms with E-state index in [0.29, 0.717) is 5.78 Å². The Kier molecular flexibility index (Phi) is 54.4. The summed E-state index contributed by atoms with van der Waals surface area (Å²) in [6, 6.07) is 0. The van der Waals surface area contributed by atoms with E-state index in [1.807, 2.05) is 0 Å². The summed E-state index contributed by atoms with van der Waals surface area (Å²) in [6.07, 6.45) is 76.2. The Labute approximate surface area is 369 Å². The Morgan fingerprint density at radius 2 is 0.276 bits per heavy atom. The molecule has 0 rings (SSSR count). The lowest BCUT2D eigenvalue weighted by Crippen LogP contribution is -1.97. The highest BCUT2D eigenvalue weighted by Crippen LogP contribution is 2.19. The van der Waals surface area contributed by atoms with Gasteiger partial charge in [0.25, 0.3) is 0 Å². The minimum atomic E-state index is 0.536. The summed E-state index contributed by atoms with van der Waals surface area (Å²) in [6.45, 7) is 4.62. The van der Waals surface area contributed by atoms with Gasteiger partial charge in [0, 0.05) is 12.8 Å². The second kappa shape index (κ2) is 54.7. The Morgan fingerprint density at radius 1 is 0.172 bits per heavy atom. The zero-order valence-electron chi connectivity index (χ0n) is 41.1. The van der Waals surface area contributed by atoms with Gasteiger partial charge in [-0.25, -0.2) is 0 Å². The van der Waals surface area contributed by atoms with Gasteiger partial charge in [-0.3, -0.25) is 4.79 Å². The van der Waals surface area contributed by atoms with E-state index < -0.39 is 0 Å². The van der Waals surface area contributed by atoms with Gasteiger partial charge in [-0.2, -0.15) is 0 Å². The Balaban J connectivity index is 3.14. The summed E-state index contributed by atoms with van der Waals surface area (Å²) in [5.74, 6) is 0.536. The number of carbonyl (C=O) groups excluding carboxylic acids is 1. The van der Waals surface area contributed by atoms with Crippen LogP contribution in [0.25, 0.3) is 0 Å². The van der Waals surface area contributed by atoms with Crippen LogP contribution in [0.15, 0.2) is 0 Å². The fourth-order valence-electron chi connectivity index (χ4n) is 9.40. The first-order valence-corrected chi connectivity index (χ1v) is 28.3. The number of hydrogen-bond acceptors (Lipinski definition) is 1. The van der Waals surface area contributed by atoms with Crippen molar-refractivity contribution >= 4 is 5.78 Å². The summed E-state index contributed by atoms with van der Waals surface area (Å²) in [7, 11) is 0. The molecule has 1 heteroatoms. The minimum absolute atomic E-state index is 0.536. The molecule has 0 spiro atoms. The van der Waals surface area contributed by atoms with Gasteiger partial charge in [-0.05, 0) is 12.8 Å². The average molecular weight is 816 g/mol. The van der Waals surface area contributed by atoms with Gasteiger partial charge in [-0.15, -0.1) is 0 Å². The van der Waals surface area contributed by atoms with Crippen LogP contribution in [0.5, 0.6) is 0 Å². The van der Waals surface area contributed by atoms with Crippen molar-refractivity contribution in [3.8, 4) is 0 Å². The smallest absolute Gasteiger partial charge is 0.132 e. The van der Waals surface area contributed by atoms with Crippen molar-refractivity contribution in [1.29, 1.82) is 0 Å². The molecule has 0 N–H and O–H groups in total. The topological polar surface area (TPSA) is 17.1 Å². The van der Waals surface area contributed by atoms with Crippen LogP contribution in [0, 0.1) is 0 Å². The van der Waals surface area contributed by atoms with Crippen molar-refractivity contribution in [2.24, 2.45) is 0 Å². The normalized spacial score (nSPS) is 11.6. The molecule has 58 heavy (non-hydrogen) atoms. The van der Waals surface area contributed by atoms with Gasteiger partial charge in [0.2, 0.25) is 0 Å².